The lowest BCUT2D eigenvalue weighted by Crippen LogP contribution is -2.35. The zero-order valence-electron chi connectivity index (χ0n) is 8.94. The molecule has 0 spiro atoms. The Morgan fingerprint density at radius 2 is 2.25 bits per heavy atom. The Balaban J connectivity index is 2.48. The molecule has 0 saturated carbocycles. The monoisotopic (exact) mass is 221 g/mol. The minimum absolute atomic E-state index is 0.227. The first-order valence-corrected chi connectivity index (χ1v) is 4.82. The zero-order chi connectivity index (χ0) is 11.7. The highest BCUT2D eigenvalue weighted by atomic mass is 16.5. The highest BCUT2D eigenvalue weighted by Crippen LogP contribution is 2.33. The second-order valence-electron chi connectivity index (χ2n) is 3.42. The molecule has 84 valence electrons. The van der Waals surface area contributed by atoms with Gasteiger partial charge in [-0.05, 0) is 19.1 Å². The number of rotatable bonds is 1. The van der Waals surface area contributed by atoms with Crippen LogP contribution in [0.2, 0.25) is 0 Å². The van der Waals surface area contributed by atoms with E-state index in [-0.39, 0.29) is 5.91 Å². The van der Waals surface area contributed by atoms with Gasteiger partial charge in [-0.15, -0.1) is 0 Å². The molecule has 1 aromatic carbocycles. The molecule has 1 amide bonds. The van der Waals surface area contributed by atoms with Gasteiger partial charge < -0.3 is 14.8 Å². The van der Waals surface area contributed by atoms with Crippen molar-refractivity contribution >= 4 is 17.6 Å². The number of anilines is 1. The average molecular weight is 221 g/mol. The fraction of sp³-hybridized carbons (Fsp3) is 0.273. The molecule has 1 aliphatic heterocycles. The van der Waals surface area contributed by atoms with Crippen molar-refractivity contribution in [3.8, 4) is 5.75 Å². The lowest BCUT2D eigenvalue weighted by molar-refractivity contribution is -0.122. The number of amides is 1. The standard InChI is InChI=1S/C11H11NO4/c1-6-10(13)12-8-5-3-4-7(9(8)16-6)11(14)15-2/h3-6H,1-2H3,(H,12,13)/t6-/m1/s1. The van der Waals surface area contributed by atoms with Crippen molar-refractivity contribution < 1.29 is 19.1 Å². The van der Waals surface area contributed by atoms with Gasteiger partial charge in [0.2, 0.25) is 0 Å². The van der Waals surface area contributed by atoms with Gasteiger partial charge in [0.05, 0.1) is 12.8 Å². The molecule has 0 aromatic heterocycles. The first-order valence-electron chi connectivity index (χ1n) is 4.82. The predicted octanol–water partition coefficient (Wildman–Crippen LogP) is 1.19. The summed E-state index contributed by atoms with van der Waals surface area (Å²) in [6, 6.07) is 4.92. The number of hydrogen-bond acceptors (Lipinski definition) is 4. The number of nitrogens with one attached hydrogen (secondary N) is 1. The molecule has 5 heteroatoms. The van der Waals surface area contributed by atoms with E-state index in [0.29, 0.717) is 17.0 Å². The summed E-state index contributed by atoms with van der Waals surface area (Å²) < 4.78 is 10.0. The molecule has 0 fully saturated rings. The Morgan fingerprint density at radius 1 is 1.50 bits per heavy atom. The van der Waals surface area contributed by atoms with Crippen LogP contribution in [0.25, 0.3) is 0 Å². The summed E-state index contributed by atoms with van der Waals surface area (Å²) in [6.45, 7) is 1.62. The van der Waals surface area contributed by atoms with Crippen LogP contribution < -0.4 is 10.1 Å². The molecule has 5 nitrogen and oxygen atoms in total. The summed E-state index contributed by atoms with van der Waals surface area (Å²) >= 11 is 0. The third-order valence-electron chi connectivity index (χ3n) is 2.34. The lowest BCUT2D eigenvalue weighted by atomic mass is 10.1. The molecular weight excluding hydrogens is 210 g/mol. The van der Waals surface area contributed by atoms with Crippen LogP contribution in [0, 0.1) is 0 Å². The topological polar surface area (TPSA) is 64.6 Å². The number of para-hydroxylation sites is 1. The maximum atomic E-state index is 11.5. The number of ether oxygens (including phenoxy) is 2. The smallest absolute Gasteiger partial charge is 0.341 e. The quantitative estimate of drug-likeness (QED) is 0.723. The van der Waals surface area contributed by atoms with Crippen LogP contribution in [0.5, 0.6) is 5.75 Å². The minimum Gasteiger partial charge on any atom is -0.478 e. The molecule has 1 heterocycles. The minimum atomic E-state index is -0.613. The maximum absolute atomic E-state index is 11.5. The highest BCUT2D eigenvalue weighted by molar-refractivity contribution is 6.02. The molecule has 1 aliphatic rings. The molecule has 2 rings (SSSR count). The first kappa shape index (κ1) is 10.5. The summed E-state index contributed by atoms with van der Waals surface area (Å²) in [7, 11) is 1.30. The zero-order valence-corrected chi connectivity index (χ0v) is 8.94. The third-order valence-corrected chi connectivity index (χ3v) is 2.34. The SMILES string of the molecule is COC(=O)c1cccc2c1O[C@H](C)C(=O)N2. The van der Waals surface area contributed by atoms with Crippen molar-refractivity contribution in [3.63, 3.8) is 0 Å². The van der Waals surface area contributed by atoms with Gasteiger partial charge in [0, 0.05) is 0 Å². The fourth-order valence-electron chi connectivity index (χ4n) is 1.50. The number of benzene rings is 1. The van der Waals surface area contributed by atoms with E-state index >= 15 is 0 Å². The molecule has 0 unspecified atom stereocenters. The molecule has 0 saturated heterocycles. The Hall–Kier alpha value is -2.04. The van der Waals surface area contributed by atoms with E-state index in [2.05, 4.69) is 10.1 Å². The average Bonchev–Trinajstić information content (AvgIpc) is 2.29. The van der Waals surface area contributed by atoms with Crippen LogP contribution in [-0.2, 0) is 9.53 Å². The normalized spacial score (nSPS) is 18.1. The Labute approximate surface area is 92.4 Å². The summed E-state index contributed by atoms with van der Waals surface area (Å²) in [5.74, 6) is -0.351. The molecule has 0 bridgehead atoms. The van der Waals surface area contributed by atoms with Gasteiger partial charge in [0.25, 0.3) is 5.91 Å². The van der Waals surface area contributed by atoms with Crippen LogP contribution >= 0.6 is 0 Å². The number of carbonyl (C=O) groups is 2. The van der Waals surface area contributed by atoms with Crippen LogP contribution in [0.1, 0.15) is 17.3 Å². The van der Waals surface area contributed by atoms with Crippen molar-refractivity contribution in [2.45, 2.75) is 13.0 Å². The summed E-state index contributed by atoms with van der Waals surface area (Å²) in [5, 5.41) is 2.66. The molecule has 1 N–H and O–H groups in total. The van der Waals surface area contributed by atoms with Crippen molar-refractivity contribution in [2.75, 3.05) is 12.4 Å². The van der Waals surface area contributed by atoms with E-state index in [0.717, 1.165) is 0 Å². The maximum Gasteiger partial charge on any atom is 0.341 e. The van der Waals surface area contributed by atoms with Crippen LogP contribution in [0.3, 0.4) is 0 Å². The highest BCUT2D eigenvalue weighted by Gasteiger charge is 2.27. The van der Waals surface area contributed by atoms with Crippen molar-refractivity contribution in [1.29, 1.82) is 0 Å². The number of carbonyl (C=O) groups excluding carboxylic acids is 2. The van der Waals surface area contributed by atoms with Crippen molar-refractivity contribution in [3.05, 3.63) is 23.8 Å². The molecule has 0 aliphatic carbocycles. The van der Waals surface area contributed by atoms with Crippen LogP contribution in [0.15, 0.2) is 18.2 Å². The van der Waals surface area contributed by atoms with Crippen molar-refractivity contribution in [1.82, 2.24) is 0 Å². The number of esters is 1. The van der Waals surface area contributed by atoms with E-state index in [1.54, 1.807) is 25.1 Å². The summed E-state index contributed by atoms with van der Waals surface area (Å²) in [4.78, 5) is 22.8. The molecule has 1 atom stereocenters. The molecule has 1 aromatic rings. The van der Waals surface area contributed by atoms with Crippen LogP contribution in [-0.4, -0.2) is 25.1 Å². The Bertz CT molecular complexity index is 455. The van der Waals surface area contributed by atoms with Gasteiger partial charge in [-0.25, -0.2) is 4.79 Å². The second kappa shape index (κ2) is 3.84. The Kier molecular flexibility index (Phi) is 2.52. The largest absolute Gasteiger partial charge is 0.478 e. The van der Waals surface area contributed by atoms with Crippen LogP contribution in [0.4, 0.5) is 5.69 Å². The summed E-state index contributed by atoms with van der Waals surface area (Å²) in [6.07, 6.45) is -0.613. The van der Waals surface area contributed by atoms with E-state index < -0.39 is 12.1 Å². The van der Waals surface area contributed by atoms with Gasteiger partial charge in [0.15, 0.2) is 11.9 Å². The fourth-order valence-corrected chi connectivity index (χ4v) is 1.50. The number of hydrogen-bond donors (Lipinski definition) is 1. The van der Waals surface area contributed by atoms with Gasteiger partial charge in [-0.1, -0.05) is 6.07 Å². The van der Waals surface area contributed by atoms with Gasteiger partial charge in [-0.3, -0.25) is 4.79 Å². The van der Waals surface area contributed by atoms with Crippen molar-refractivity contribution in [2.24, 2.45) is 0 Å². The first-order chi connectivity index (χ1) is 7.63. The lowest BCUT2D eigenvalue weighted by Gasteiger charge is -2.24. The second-order valence-corrected chi connectivity index (χ2v) is 3.42. The van der Waals surface area contributed by atoms with E-state index in [4.69, 9.17) is 4.74 Å². The third kappa shape index (κ3) is 1.60. The molecule has 0 radical (unpaired) electrons. The van der Waals surface area contributed by atoms with Gasteiger partial charge in [-0.2, -0.15) is 0 Å². The van der Waals surface area contributed by atoms with E-state index in [1.165, 1.54) is 7.11 Å². The predicted molar refractivity (Wildman–Crippen MR) is 56.5 cm³/mol. The number of fused-ring (bicyclic) bond motifs is 1. The van der Waals surface area contributed by atoms with E-state index in [9.17, 15) is 9.59 Å². The van der Waals surface area contributed by atoms with E-state index in [1.807, 2.05) is 0 Å². The van der Waals surface area contributed by atoms with Gasteiger partial charge in [0.1, 0.15) is 5.56 Å². The Morgan fingerprint density at radius 3 is 2.94 bits per heavy atom. The number of methoxy groups -OCH3 is 1. The van der Waals surface area contributed by atoms with Gasteiger partial charge >= 0.3 is 5.97 Å². The summed E-state index contributed by atoms with van der Waals surface area (Å²) in [5.41, 5.74) is 0.804. The molecular formula is C11H11NO4. The molecule has 16 heavy (non-hydrogen) atoms.